The van der Waals surface area contributed by atoms with E-state index in [0.29, 0.717) is 11.3 Å². The first-order valence-corrected chi connectivity index (χ1v) is 5.88. The first-order valence-electron chi connectivity index (χ1n) is 5.00. The standard InChI is InChI=1S/C12H8N2O3S/c13-6-9-8(2-1-4-14-9)7-17-10-3-5-18-11(10)12(15)16/h1-5H,7H2,(H,15,16). The Morgan fingerprint density at radius 1 is 1.56 bits per heavy atom. The molecule has 2 rings (SSSR count). The molecule has 0 aliphatic rings. The lowest BCUT2D eigenvalue weighted by Crippen LogP contribution is -2.02. The number of nitriles is 1. The van der Waals surface area contributed by atoms with Crippen molar-refractivity contribution >= 4 is 17.3 Å². The normalized spacial score (nSPS) is 9.72. The number of carboxylic acids is 1. The Balaban J connectivity index is 2.15. The molecule has 0 aliphatic carbocycles. The molecule has 0 saturated carbocycles. The minimum Gasteiger partial charge on any atom is -0.487 e. The van der Waals surface area contributed by atoms with Crippen LogP contribution in [0.1, 0.15) is 20.9 Å². The number of thiophene rings is 1. The van der Waals surface area contributed by atoms with E-state index < -0.39 is 5.97 Å². The van der Waals surface area contributed by atoms with E-state index in [1.165, 1.54) is 6.20 Å². The van der Waals surface area contributed by atoms with E-state index in [-0.39, 0.29) is 17.2 Å². The number of aromatic nitrogens is 1. The molecule has 2 aromatic heterocycles. The number of hydrogen-bond acceptors (Lipinski definition) is 5. The summed E-state index contributed by atoms with van der Waals surface area (Å²) in [6, 6.07) is 6.97. The van der Waals surface area contributed by atoms with Gasteiger partial charge >= 0.3 is 5.97 Å². The van der Waals surface area contributed by atoms with Crippen LogP contribution in [0.5, 0.6) is 5.75 Å². The number of carbonyl (C=O) groups is 1. The molecule has 5 nitrogen and oxygen atoms in total. The van der Waals surface area contributed by atoms with Crippen molar-refractivity contribution in [3.05, 3.63) is 45.9 Å². The molecule has 0 radical (unpaired) electrons. The number of nitrogens with zero attached hydrogens (tertiary/aromatic N) is 2. The van der Waals surface area contributed by atoms with Gasteiger partial charge in [-0.25, -0.2) is 9.78 Å². The van der Waals surface area contributed by atoms with Gasteiger partial charge in [0.2, 0.25) is 0 Å². The summed E-state index contributed by atoms with van der Waals surface area (Å²) >= 11 is 1.10. The Morgan fingerprint density at radius 2 is 2.39 bits per heavy atom. The van der Waals surface area contributed by atoms with Gasteiger partial charge < -0.3 is 9.84 Å². The highest BCUT2D eigenvalue weighted by Crippen LogP contribution is 2.25. The van der Waals surface area contributed by atoms with E-state index in [0.717, 1.165) is 11.3 Å². The largest absolute Gasteiger partial charge is 0.487 e. The van der Waals surface area contributed by atoms with Crippen molar-refractivity contribution in [2.24, 2.45) is 0 Å². The zero-order valence-electron chi connectivity index (χ0n) is 9.16. The molecule has 90 valence electrons. The van der Waals surface area contributed by atoms with Crippen LogP contribution in [0, 0.1) is 11.3 Å². The smallest absolute Gasteiger partial charge is 0.349 e. The zero-order valence-corrected chi connectivity index (χ0v) is 9.98. The highest BCUT2D eigenvalue weighted by Gasteiger charge is 2.13. The van der Waals surface area contributed by atoms with E-state index in [1.54, 1.807) is 23.6 Å². The summed E-state index contributed by atoms with van der Waals surface area (Å²) in [7, 11) is 0. The fraction of sp³-hybridized carbons (Fsp3) is 0.0833. The van der Waals surface area contributed by atoms with Crippen LogP contribution in [-0.4, -0.2) is 16.1 Å². The molecule has 0 bridgehead atoms. The molecule has 0 aliphatic heterocycles. The molecular formula is C12H8N2O3S. The molecule has 0 unspecified atom stereocenters. The van der Waals surface area contributed by atoms with Crippen molar-refractivity contribution in [3.8, 4) is 11.8 Å². The van der Waals surface area contributed by atoms with Gasteiger partial charge in [0.15, 0.2) is 4.88 Å². The lowest BCUT2D eigenvalue weighted by molar-refractivity contribution is 0.0697. The number of ether oxygens (including phenoxy) is 1. The first kappa shape index (κ1) is 12.1. The first-order chi connectivity index (χ1) is 8.72. The van der Waals surface area contributed by atoms with E-state index >= 15 is 0 Å². The molecule has 0 saturated heterocycles. The molecule has 0 spiro atoms. The van der Waals surface area contributed by atoms with E-state index in [1.807, 2.05) is 6.07 Å². The highest BCUT2D eigenvalue weighted by molar-refractivity contribution is 7.12. The lowest BCUT2D eigenvalue weighted by Gasteiger charge is -2.06. The van der Waals surface area contributed by atoms with Gasteiger partial charge in [-0.15, -0.1) is 11.3 Å². The zero-order chi connectivity index (χ0) is 13.0. The van der Waals surface area contributed by atoms with Crippen molar-refractivity contribution in [2.45, 2.75) is 6.61 Å². The number of aromatic carboxylic acids is 1. The molecule has 0 aromatic carbocycles. The molecular weight excluding hydrogens is 252 g/mol. The Kier molecular flexibility index (Phi) is 3.55. The fourth-order valence-electron chi connectivity index (χ4n) is 1.38. The van der Waals surface area contributed by atoms with Gasteiger partial charge in [-0.3, -0.25) is 0 Å². The monoisotopic (exact) mass is 260 g/mol. The molecule has 6 heteroatoms. The summed E-state index contributed by atoms with van der Waals surface area (Å²) in [4.78, 5) is 14.9. The Bertz CT molecular complexity index is 616. The quantitative estimate of drug-likeness (QED) is 0.911. The van der Waals surface area contributed by atoms with E-state index in [9.17, 15) is 4.79 Å². The summed E-state index contributed by atoms with van der Waals surface area (Å²) in [5, 5.41) is 19.4. The third-order valence-electron chi connectivity index (χ3n) is 2.20. The average Bonchev–Trinajstić information content (AvgIpc) is 2.85. The van der Waals surface area contributed by atoms with Gasteiger partial charge in [-0.1, -0.05) is 6.07 Å². The second kappa shape index (κ2) is 5.29. The van der Waals surface area contributed by atoms with Crippen LogP contribution in [-0.2, 0) is 6.61 Å². The van der Waals surface area contributed by atoms with Crippen molar-refractivity contribution in [1.29, 1.82) is 5.26 Å². The highest BCUT2D eigenvalue weighted by atomic mass is 32.1. The third-order valence-corrected chi connectivity index (χ3v) is 3.09. The molecule has 0 atom stereocenters. The number of pyridine rings is 1. The maximum absolute atomic E-state index is 10.9. The SMILES string of the molecule is N#Cc1ncccc1COc1ccsc1C(=O)O. The van der Waals surface area contributed by atoms with Crippen molar-refractivity contribution in [3.63, 3.8) is 0 Å². The lowest BCUT2D eigenvalue weighted by atomic mass is 10.2. The maximum Gasteiger partial charge on any atom is 0.349 e. The summed E-state index contributed by atoms with van der Waals surface area (Å²) < 4.78 is 5.41. The predicted octanol–water partition coefficient (Wildman–Crippen LogP) is 2.29. The van der Waals surface area contributed by atoms with Gasteiger partial charge in [-0.2, -0.15) is 5.26 Å². The van der Waals surface area contributed by atoms with Crippen LogP contribution in [0.4, 0.5) is 0 Å². The summed E-state index contributed by atoms with van der Waals surface area (Å²) in [6.07, 6.45) is 1.52. The Morgan fingerprint density at radius 3 is 3.11 bits per heavy atom. The van der Waals surface area contributed by atoms with Crippen molar-refractivity contribution < 1.29 is 14.6 Å². The Hall–Kier alpha value is -2.39. The van der Waals surface area contributed by atoms with E-state index in [2.05, 4.69) is 4.98 Å². The molecule has 2 heterocycles. The predicted molar refractivity (Wildman–Crippen MR) is 64.6 cm³/mol. The van der Waals surface area contributed by atoms with Crippen LogP contribution in [0.3, 0.4) is 0 Å². The third kappa shape index (κ3) is 2.47. The van der Waals surface area contributed by atoms with Crippen molar-refractivity contribution in [2.75, 3.05) is 0 Å². The number of rotatable bonds is 4. The van der Waals surface area contributed by atoms with Crippen LogP contribution in [0.25, 0.3) is 0 Å². The molecule has 2 aromatic rings. The fourth-order valence-corrected chi connectivity index (χ4v) is 2.05. The van der Waals surface area contributed by atoms with E-state index in [4.69, 9.17) is 15.1 Å². The van der Waals surface area contributed by atoms with Gasteiger partial charge in [0.05, 0.1) is 0 Å². The van der Waals surface area contributed by atoms with Crippen LogP contribution in [0.2, 0.25) is 0 Å². The van der Waals surface area contributed by atoms with Crippen LogP contribution in [0.15, 0.2) is 29.8 Å². The number of carboxylic acid groups (broad SMARTS) is 1. The minimum atomic E-state index is -1.02. The average molecular weight is 260 g/mol. The summed E-state index contributed by atoms with van der Waals surface area (Å²) in [5.74, 6) is -0.716. The molecule has 1 N–H and O–H groups in total. The molecule has 0 amide bonds. The van der Waals surface area contributed by atoms with Gasteiger partial charge in [0, 0.05) is 11.8 Å². The second-order valence-corrected chi connectivity index (χ2v) is 4.25. The van der Waals surface area contributed by atoms with Gasteiger partial charge in [0.25, 0.3) is 0 Å². The second-order valence-electron chi connectivity index (χ2n) is 3.33. The molecule has 0 fully saturated rings. The minimum absolute atomic E-state index is 0.119. The summed E-state index contributed by atoms with van der Waals surface area (Å²) in [5.41, 5.74) is 0.909. The van der Waals surface area contributed by atoms with Crippen molar-refractivity contribution in [1.82, 2.24) is 4.98 Å². The van der Waals surface area contributed by atoms with Gasteiger partial charge in [0.1, 0.15) is 24.1 Å². The Labute approximate surface area is 107 Å². The van der Waals surface area contributed by atoms with Crippen LogP contribution < -0.4 is 4.74 Å². The van der Waals surface area contributed by atoms with Gasteiger partial charge in [-0.05, 0) is 17.5 Å². The molecule has 18 heavy (non-hydrogen) atoms. The van der Waals surface area contributed by atoms with Crippen LogP contribution >= 0.6 is 11.3 Å². The summed E-state index contributed by atoms with van der Waals surface area (Å²) in [6.45, 7) is 0.119. The maximum atomic E-state index is 10.9. The topological polar surface area (TPSA) is 83.2 Å². The number of hydrogen-bond donors (Lipinski definition) is 1.